The molecule has 1 atom stereocenters. The molecule has 6 nitrogen and oxygen atoms in total. The number of hydrogen-bond donors (Lipinski definition) is 2. The third kappa shape index (κ3) is 8.86. The fourth-order valence-electron chi connectivity index (χ4n) is 2.48. The lowest BCUT2D eigenvalue weighted by atomic mass is 10.1. The van der Waals surface area contributed by atoms with Crippen molar-refractivity contribution in [2.75, 3.05) is 6.54 Å². The van der Waals surface area contributed by atoms with E-state index in [4.69, 9.17) is 4.74 Å². The Kier molecular flexibility index (Phi) is 10.7. The van der Waals surface area contributed by atoms with Crippen LogP contribution >= 0.6 is 12.4 Å². The van der Waals surface area contributed by atoms with Crippen molar-refractivity contribution in [3.8, 4) is 0 Å². The molecule has 0 fully saturated rings. The van der Waals surface area contributed by atoms with Crippen molar-refractivity contribution in [1.82, 2.24) is 15.6 Å². The number of halogens is 1. The number of rotatable bonds is 9. The Morgan fingerprint density at radius 1 is 1.04 bits per heavy atom. The number of amides is 2. The number of ether oxygens (including phenoxy) is 1. The number of carbonyl (C=O) groups is 2. The second-order valence-corrected chi connectivity index (χ2v) is 6.79. The van der Waals surface area contributed by atoms with Gasteiger partial charge in [-0.25, -0.2) is 4.79 Å². The van der Waals surface area contributed by atoms with Crippen LogP contribution in [0.2, 0.25) is 0 Å². The summed E-state index contributed by atoms with van der Waals surface area (Å²) in [5, 5.41) is 5.58. The van der Waals surface area contributed by atoms with Gasteiger partial charge in [0.2, 0.25) is 5.91 Å². The zero-order valence-electron chi connectivity index (χ0n) is 16.3. The maximum Gasteiger partial charge on any atom is 0.408 e. The van der Waals surface area contributed by atoms with Crippen LogP contribution in [-0.2, 0) is 22.6 Å². The molecule has 1 heterocycles. The molecular weight excluding hydrogens is 378 g/mol. The van der Waals surface area contributed by atoms with E-state index < -0.39 is 12.1 Å². The average Bonchev–Trinajstić information content (AvgIpc) is 2.67. The molecule has 0 saturated heterocycles. The summed E-state index contributed by atoms with van der Waals surface area (Å²) < 4.78 is 5.23. The fraction of sp³-hybridized carbons (Fsp3) is 0.381. The summed E-state index contributed by atoms with van der Waals surface area (Å²) in [6.07, 6.45) is 3.94. The molecule has 0 unspecified atom stereocenters. The molecule has 7 heteroatoms. The summed E-state index contributed by atoms with van der Waals surface area (Å²) >= 11 is 0. The Bertz CT molecular complexity index is 711. The van der Waals surface area contributed by atoms with Gasteiger partial charge in [0.25, 0.3) is 0 Å². The molecule has 0 bridgehead atoms. The molecule has 0 aliphatic rings. The van der Waals surface area contributed by atoms with E-state index in [9.17, 15) is 9.59 Å². The first-order valence-electron chi connectivity index (χ1n) is 9.18. The van der Waals surface area contributed by atoms with Crippen molar-refractivity contribution in [3.63, 3.8) is 0 Å². The predicted molar refractivity (Wildman–Crippen MR) is 111 cm³/mol. The molecule has 1 aromatic heterocycles. The fourth-order valence-corrected chi connectivity index (χ4v) is 2.48. The highest BCUT2D eigenvalue weighted by atomic mass is 35.5. The van der Waals surface area contributed by atoms with Crippen LogP contribution in [0.5, 0.6) is 0 Å². The van der Waals surface area contributed by atoms with Crippen molar-refractivity contribution < 1.29 is 14.3 Å². The second kappa shape index (κ2) is 12.7. The molecule has 0 radical (unpaired) electrons. The summed E-state index contributed by atoms with van der Waals surface area (Å²) in [7, 11) is 0. The van der Waals surface area contributed by atoms with Crippen molar-refractivity contribution in [2.24, 2.45) is 5.92 Å². The Balaban J connectivity index is 0.00000392. The Morgan fingerprint density at radius 2 is 1.71 bits per heavy atom. The van der Waals surface area contributed by atoms with Crippen LogP contribution in [0, 0.1) is 5.92 Å². The number of hydrogen-bond acceptors (Lipinski definition) is 4. The topological polar surface area (TPSA) is 80.3 Å². The van der Waals surface area contributed by atoms with Crippen LogP contribution in [-0.4, -0.2) is 29.6 Å². The molecular formula is C21H28ClN3O3. The van der Waals surface area contributed by atoms with Gasteiger partial charge in [0.15, 0.2) is 0 Å². The van der Waals surface area contributed by atoms with Gasteiger partial charge in [-0.2, -0.15) is 0 Å². The minimum Gasteiger partial charge on any atom is -0.445 e. The minimum atomic E-state index is -0.690. The van der Waals surface area contributed by atoms with Crippen LogP contribution in [0.1, 0.15) is 31.4 Å². The highest BCUT2D eigenvalue weighted by Crippen LogP contribution is 2.05. The summed E-state index contributed by atoms with van der Waals surface area (Å²) in [6.45, 7) is 4.90. The average molecular weight is 406 g/mol. The lowest BCUT2D eigenvalue weighted by Gasteiger charge is -2.19. The molecule has 1 aromatic carbocycles. The molecule has 152 valence electrons. The zero-order valence-corrected chi connectivity index (χ0v) is 17.1. The normalized spacial score (nSPS) is 11.2. The highest BCUT2D eigenvalue weighted by Gasteiger charge is 2.21. The zero-order chi connectivity index (χ0) is 19.5. The number of nitrogens with zero attached hydrogens (tertiary/aromatic N) is 1. The molecule has 0 aliphatic carbocycles. The summed E-state index contributed by atoms with van der Waals surface area (Å²) in [5.74, 6) is 0.288. The second-order valence-electron chi connectivity index (χ2n) is 6.79. The van der Waals surface area contributed by atoms with E-state index in [0.29, 0.717) is 18.9 Å². The quantitative estimate of drug-likeness (QED) is 0.669. The van der Waals surface area contributed by atoms with Crippen LogP contribution in [0.15, 0.2) is 54.9 Å². The van der Waals surface area contributed by atoms with Crippen molar-refractivity contribution in [2.45, 2.75) is 39.3 Å². The Morgan fingerprint density at radius 3 is 2.36 bits per heavy atom. The van der Waals surface area contributed by atoms with E-state index in [1.54, 1.807) is 24.5 Å². The van der Waals surface area contributed by atoms with Crippen molar-refractivity contribution in [1.29, 1.82) is 0 Å². The van der Waals surface area contributed by atoms with Crippen molar-refractivity contribution in [3.05, 3.63) is 66.0 Å². The maximum absolute atomic E-state index is 12.5. The van der Waals surface area contributed by atoms with Gasteiger partial charge >= 0.3 is 6.09 Å². The van der Waals surface area contributed by atoms with Gasteiger partial charge < -0.3 is 15.4 Å². The standard InChI is InChI=1S/C21H27N3O3.ClH/c1-16(2)8-13-23-20(25)19(14-17-6-4-3-5-7-17)24-21(26)27-15-18-9-11-22-12-10-18;/h3-7,9-12,16,19H,8,13-15H2,1-2H3,(H,23,25)(H,24,26);1H/t19-;/m0./s1. The summed E-state index contributed by atoms with van der Waals surface area (Å²) in [5.41, 5.74) is 1.80. The number of nitrogens with one attached hydrogen (secondary N) is 2. The van der Waals surface area contributed by atoms with Gasteiger partial charge in [-0.15, -0.1) is 12.4 Å². The molecule has 0 spiro atoms. The molecule has 2 N–H and O–H groups in total. The van der Waals surface area contributed by atoms with Gasteiger partial charge in [0.1, 0.15) is 12.6 Å². The van der Waals surface area contributed by atoms with Crippen LogP contribution in [0.4, 0.5) is 4.79 Å². The predicted octanol–water partition coefficient (Wildman–Crippen LogP) is 3.50. The monoisotopic (exact) mass is 405 g/mol. The summed E-state index contributed by atoms with van der Waals surface area (Å²) in [6, 6.07) is 12.4. The molecule has 2 rings (SSSR count). The molecule has 2 aromatic rings. The van der Waals surface area contributed by atoms with Gasteiger partial charge in [0, 0.05) is 25.4 Å². The first kappa shape index (κ1) is 23.4. The van der Waals surface area contributed by atoms with E-state index in [-0.39, 0.29) is 24.9 Å². The van der Waals surface area contributed by atoms with Crippen molar-refractivity contribution >= 4 is 24.4 Å². The first-order valence-corrected chi connectivity index (χ1v) is 9.18. The number of pyridine rings is 1. The molecule has 0 saturated carbocycles. The molecule has 0 aliphatic heterocycles. The molecule has 28 heavy (non-hydrogen) atoms. The highest BCUT2D eigenvalue weighted by molar-refractivity contribution is 5.86. The first-order chi connectivity index (χ1) is 13.0. The lowest BCUT2D eigenvalue weighted by molar-refractivity contribution is -0.123. The number of benzene rings is 1. The number of alkyl carbamates (subject to hydrolysis) is 1. The minimum absolute atomic E-state index is 0. The van der Waals surface area contributed by atoms with E-state index in [0.717, 1.165) is 17.5 Å². The van der Waals surface area contributed by atoms with E-state index in [1.807, 2.05) is 30.3 Å². The maximum atomic E-state index is 12.5. The SMILES string of the molecule is CC(C)CCNC(=O)[C@H](Cc1ccccc1)NC(=O)OCc1ccncc1.Cl. The van der Waals surface area contributed by atoms with Gasteiger partial charge in [-0.3, -0.25) is 9.78 Å². The van der Waals surface area contributed by atoms with Gasteiger partial charge in [0.05, 0.1) is 0 Å². The van der Waals surface area contributed by atoms with Crippen LogP contribution < -0.4 is 10.6 Å². The number of aromatic nitrogens is 1. The largest absolute Gasteiger partial charge is 0.445 e. The van der Waals surface area contributed by atoms with E-state index in [1.165, 1.54) is 0 Å². The smallest absolute Gasteiger partial charge is 0.408 e. The Labute approximate surface area is 172 Å². The van der Waals surface area contributed by atoms with Gasteiger partial charge in [-0.05, 0) is 35.6 Å². The summed E-state index contributed by atoms with van der Waals surface area (Å²) in [4.78, 5) is 28.6. The van der Waals surface area contributed by atoms with Gasteiger partial charge in [-0.1, -0.05) is 44.2 Å². The molecule has 2 amide bonds. The van der Waals surface area contributed by atoms with E-state index in [2.05, 4.69) is 29.5 Å². The number of carbonyl (C=O) groups excluding carboxylic acids is 2. The third-order valence-electron chi connectivity index (χ3n) is 4.03. The van der Waals surface area contributed by atoms with Crippen LogP contribution in [0.3, 0.4) is 0 Å². The lowest BCUT2D eigenvalue weighted by Crippen LogP contribution is -2.48. The Hall–Kier alpha value is -2.60. The van der Waals surface area contributed by atoms with Crippen LogP contribution in [0.25, 0.3) is 0 Å². The third-order valence-corrected chi connectivity index (χ3v) is 4.03. The van der Waals surface area contributed by atoms with E-state index >= 15 is 0 Å².